The van der Waals surface area contributed by atoms with Crippen LogP contribution >= 0.6 is 0 Å². The molecule has 0 aromatic carbocycles. The van der Waals surface area contributed by atoms with E-state index in [0.29, 0.717) is 6.42 Å². The lowest BCUT2D eigenvalue weighted by Gasteiger charge is -2.05. The van der Waals surface area contributed by atoms with Crippen LogP contribution in [-0.4, -0.2) is 24.8 Å². The van der Waals surface area contributed by atoms with Crippen LogP contribution in [0.5, 0.6) is 0 Å². The largest absolute Gasteiger partial charge is 0.504 e. The summed E-state index contributed by atoms with van der Waals surface area (Å²) in [4.78, 5) is 11.6. The summed E-state index contributed by atoms with van der Waals surface area (Å²) >= 11 is 0. The molecule has 0 radical (unpaired) electrons. The molecule has 0 unspecified atom stereocenters. The molecule has 0 amide bonds. The fourth-order valence-electron chi connectivity index (χ4n) is 1.78. The quantitative estimate of drug-likeness (QED) is 0.243. The number of rotatable bonds is 12. The number of allylic oxidation sites excluding steroid dienone is 2. The van der Waals surface area contributed by atoms with Crippen LogP contribution in [-0.2, 0) is 14.3 Å². The highest BCUT2D eigenvalue weighted by molar-refractivity contribution is 5.69. The third-order valence-corrected chi connectivity index (χ3v) is 3.25. The predicted octanol–water partition coefficient (Wildman–Crippen LogP) is 4.83. The summed E-state index contributed by atoms with van der Waals surface area (Å²) in [5.74, 6) is -0.0119. The van der Waals surface area contributed by atoms with E-state index in [0.717, 1.165) is 18.4 Å². The van der Waals surface area contributed by atoms with Gasteiger partial charge in [0, 0.05) is 6.42 Å². The Balaban J connectivity index is 3.87. The molecule has 4 nitrogen and oxygen atoms in total. The van der Waals surface area contributed by atoms with Gasteiger partial charge in [0.15, 0.2) is 11.5 Å². The van der Waals surface area contributed by atoms with E-state index in [-0.39, 0.29) is 24.1 Å². The number of ether oxygens (including phenoxy) is 2. The van der Waals surface area contributed by atoms with Crippen molar-refractivity contribution in [1.29, 1.82) is 0 Å². The highest BCUT2D eigenvalue weighted by Crippen LogP contribution is 2.08. The maximum absolute atomic E-state index is 11.6. The van der Waals surface area contributed by atoms with E-state index in [1.807, 2.05) is 6.92 Å². The summed E-state index contributed by atoms with van der Waals surface area (Å²) in [6.07, 6.45) is 10.5. The summed E-state index contributed by atoms with van der Waals surface area (Å²) in [6, 6.07) is 0. The molecule has 0 aliphatic rings. The van der Waals surface area contributed by atoms with Crippen LogP contribution < -0.4 is 0 Å². The Kier molecular flexibility index (Phi) is 12.0. The van der Waals surface area contributed by atoms with Crippen molar-refractivity contribution in [3.8, 4) is 0 Å². The van der Waals surface area contributed by atoms with Crippen LogP contribution in [0.2, 0.25) is 0 Å². The molecule has 126 valence electrons. The number of aliphatic hydroxyl groups excluding tert-OH is 1. The van der Waals surface area contributed by atoms with Gasteiger partial charge in [0.05, 0.1) is 7.11 Å². The van der Waals surface area contributed by atoms with Gasteiger partial charge in [-0.2, -0.15) is 0 Å². The van der Waals surface area contributed by atoms with Crippen molar-refractivity contribution in [1.82, 2.24) is 0 Å². The Morgan fingerprint density at radius 2 is 1.77 bits per heavy atom. The summed E-state index contributed by atoms with van der Waals surface area (Å²) in [5.41, 5.74) is 0.840. The molecule has 0 bridgehead atoms. The Morgan fingerprint density at radius 1 is 1.14 bits per heavy atom. The zero-order valence-electron chi connectivity index (χ0n) is 14.2. The molecule has 4 heteroatoms. The van der Waals surface area contributed by atoms with Crippen LogP contribution in [0, 0.1) is 0 Å². The first-order valence-electron chi connectivity index (χ1n) is 7.96. The SMILES string of the molecule is C=C(OC)/C(O)=C\C=C(/C)COC(=O)CCCCCCCC. The number of carbonyl (C=O) groups excluding carboxylic acids is 1. The zero-order chi connectivity index (χ0) is 16.8. The molecule has 0 saturated carbocycles. The fourth-order valence-corrected chi connectivity index (χ4v) is 1.78. The van der Waals surface area contributed by atoms with Crippen molar-refractivity contribution in [2.24, 2.45) is 0 Å². The van der Waals surface area contributed by atoms with E-state index in [4.69, 9.17) is 9.47 Å². The molecule has 1 N–H and O–H groups in total. The molecular weight excluding hydrogens is 280 g/mol. The lowest BCUT2D eigenvalue weighted by Crippen LogP contribution is -2.06. The summed E-state index contributed by atoms with van der Waals surface area (Å²) in [5, 5.41) is 9.53. The van der Waals surface area contributed by atoms with Crippen molar-refractivity contribution in [3.63, 3.8) is 0 Å². The minimum Gasteiger partial charge on any atom is -0.504 e. The fraction of sp³-hybridized carbons (Fsp3) is 0.611. The number of carbonyl (C=O) groups is 1. The minimum absolute atomic E-state index is 0.0414. The number of unbranched alkanes of at least 4 members (excludes halogenated alkanes) is 5. The molecule has 0 spiro atoms. The van der Waals surface area contributed by atoms with Crippen LogP contribution in [0.3, 0.4) is 0 Å². The first-order valence-corrected chi connectivity index (χ1v) is 7.96. The van der Waals surface area contributed by atoms with Gasteiger partial charge < -0.3 is 14.6 Å². The second-order valence-corrected chi connectivity index (χ2v) is 5.37. The van der Waals surface area contributed by atoms with E-state index < -0.39 is 0 Å². The normalized spacial score (nSPS) is 12.1. The minimum atomic E-state index is -0.169. The van der Waals surface area contributed by atoms with E-state index in [1.54, 1.807) is 6.08 Å². The van der Waals surface area contributed by atoms with Crippen LogP contribution in [0.15, 0.2) is 35.8 Å². The Bertz CT molecular complexity index is 394. The van der Waals surface area contributed by atoms with Crippen LogP contribution in [0.1, 0.15) is 58.8 Å². The molecule has 0 rings (SSSR count). The van der Waals surface area contributed by atoms with Gasteiger partial charge in [-0.15, -0.1) is 0 Å². The Labute approximate surface area is 134 Å². The third-order valence-electron chi connectivity index (χ3n) is 3.25. The molecule has 0 saturated heterocycles. The summed E-state index contributed by atoms with van der Waals surface area (Å²) in [7, 11) is 1.44. The van der Waals surface area contributed by atoms with E-state index in [1.165, 1.54) is 38.9 Å². The Morgan fingerprint density at radius 3 is 2.41 bits per heavy atom. The predicted molar refractivity (Wildman–Crippen MR) is 89.6 cm³/mol. The highest BCUT2D eigenvalue weighted by atomic mass is 16.5. The van der Waals surface area contributed by atoms with Gasteiger partial charge in [0.25, 0.3) is 0 Å². The summed E-state index contributed by atoms with van der Waals surface area (Å²) in [6.45, 7) is 7.78. The number of methoxy groups -OCH3 is 1. The lowest BCUT2D eigenvalue weighted by molar-refractivity contribution is -0.142. The molecule has 0 aromatic heterocycles. The van der Waals surface area contributed by atoms with Crippen molar-refractivity contribution in [3.05, 3.63) is 35.8 Å². The number of hydrogen-bond acceptors (Lipinski definition) is 4. The van der Waals surface area contributed by atoms with Crippen molar-refractivity contribution in [2.45, 2.75) is 58.8 Å². The molecule has 0 aromatic rings. The van der Waals surface area contributed by atoms with E-state index in [9.17, 15) is 9.90 Å². The number of aliphatic hydroxyl groups is 1. The van der Waals surface area contributed by atoms with Crippen molar-refractivity contribution >= 4 is 5.97 Å². The molecule has 0 heterocycles. The monoisotopic (exact) mass is 310 g/mol. The molecule has 22 heavy (non-hydrogen) atoms. The topological polar surface area (TPSA) is 55.8 Å². The van der Waals surface area contributed by atoms with Crippen LogP contribution in [0.25, 0.3) is 0 Å². The van der Waals surface area contributed by atoms with E-state index in [2.05, 4.69) is 13.5 Å². The van der Waals surface area contributed by atoms with Crippen molar-refractivity contribution in [2.75, 3.05) is 13.7 Å². The molecule has 0 atom stereocenters. The standard InChI is InChI=1S/C18H30O4/c1-5-6-7-8-9-10-11-18(20)22-14-15(2)12-13-17(19)16(3)21-4/h12-13,19H,3,5-11,14H2,1-2,4H3/b15-12+,17-13+. The van der Waals surface area contributed by atoms with Gasteiger partial charge in [0.2, 0.25) is 0 Å². The maximum Gasteiger partial charge on any atom is 0.306 e. The molecule has 0 aliphatic heterocycles. The van der Waals surface area contributed by atoms with Gasteiger partial charge in [-0.1, -0.05) is 51.7 Å². The van der Waals surface area contributed by atoms with Gasteiger partial charge in [-0.05, 0) is 25.0 Å². The van der Waals surface area contributed by atoms with Gasteiger partial charge in [-0.3, -0.25) is 4.79 Å². The average Bonchev–Trinajstić information content (AvgIpc) is 2.52. The van der Waals surface area contributed by atoms with E-state index >= 15 is 0 Å². The Hall–Kier alpha value is -1.71. The highest BCUT2D eigenvalue weighted by Gasteiger charge is 2.03. The first-order chi connectivity index (χ1) is 10.5. The van der Waals surface area contributed by atoms with Gasteiger partial charge in [-0.25, -0.2) is 0 Å². The first kappa shape index (κ1) is 20.3. The zero-order valence-corrected chi connectivity index (χ0v) is 14.2. The number of esters is 1. The lowest BCUT2D eigenvalue weighted by atomic mass is 10.1. The number of hydrogen-bond donors (Lipinski definition) is 1. The second kappa shape index (κ2) is 13.0. The molecular formula is C18H30O4. The average molecular weight is 310 g/mol. The third kappa shape index (κ3) is 11.0. The van der Waals surface area contributed by atoms with Crippen molar-refractivity contribution < 1.29 is 19.4 Å². The molecule has 0 fully saturated rings. The van der Waals surface area contributed by atoms with Gasteiger partial charge in [0.1, 0.15) is 6.61 Å². The molecule has 0 aliphatic carbocycles. The second-order valence-electron chi connectivity index (χ2n) is 5.37. The maximum atomic E-state index is 11.6. The summed E-state index contributed by atoms with van der Waals surface area (Å²) < 4.78 is 9.97. The van der Waals surface area contributed by atoms with Gasteiger partial charge >= 0.3 is 5.97 Å². The van der Waals surface area contributed by atoms with Crippen LogP contribution in [0.4, 0.5) is 0 Å². The smallest absolute Gasteiger partial charge is 0.306 e.